The van der Waals surface area contributed by atoms with Gasteiger partial charge in [-0.25, -0.2) is 9.18 Å². The molecule has 0 unspecified atom stereocenters. The van der Waals surface area contributed by atoms with Gasteiger partial charge in [0.25, 0.3) is 0 Å². The molecule has 0 aliphatic rings. The molecule has 1 rings (SSSR count). The molecule has 0 radical (unpaired) electrons. The van der Waals surface area contributed by atoms with Crippen molar-refractivity contribution in [1.82, 2.24) is 0 Å². The average molecular weight is 254 g/mol. The number of rotatable bonds is 3. The summed E-state index contributed by atoms with van der Waals surface area (Å²) in [5, 5.41) is 2.46. The lowest BCUT2D eigenvalue weighted by atomic mass is 10.1. The summed E-state index contributed by atoms with van der Waals surface area (Å²) < 4.78 is 17.6. The van der Waals surface area contributed by atoms with E-state index in [1.165, 1.54) is 27.0 Å². The smallest absolute Gasteiger partial charge is 0.340 e. The van der Waals surface area contributed by atoms with Crippen molar-refractivity contribution in [2.75, 3.05) is 12.4 Å². The Morgan fingerprint density at radius 1 is 1.39 bits per heavy atom. The number of ether oxygens (including phenoxy) is 1. The highest BCUT2D eigenvalue weighted by Gasteiger charge is 2.24. The Morgan fingerprint density at radius 3 is 2.50 bits per heavy atom. The highest BCUT2D eigenvalue weighted by atomic mass is 19.1. The molecule has 0 spiro atoms. The number of amides is 1. The van der Waals surface area contributed by atoms with E-state index in [9.17, 15) is 14.0 Å². The number of nitrogens with two attached hydrogens (primary N) is 1. The summed E-state index contributed by atoms with van der Waals surface area (Å²) in [5.74, 6) is -1.82. The first-order valence-corrected chi connectivity index (χ1v) is 5.24. The molecule has 0 heterocycles. The Morgan fingerprint density at radius 2 is 2.00 bits per heavy atom. The van der Waals surface area contributed by atoms with E-state index in [0.717, 1.165) is 12.1 Å². The second kappa shape index (κ2) is 5.14. The zero-order valence-electron chi connectivity index (χ0n) is 10.4. The SMILES string of the molecule is COC(=O)c1cc(F)ccc1NC(=O)C(C)(C)N. The van der Waals surface area contributed by atoms with Crippen molar-refractivity contribution >= 4 is 17.6 Å². The van der Waals surface area contributed by atoms with Crippen LogP contribution in [0.3, 0.4) is 0 Å². The molecule has 0 saturated heterocycles. The van der Waals surface area contributed by atoms with Crippen molar-refractivity contribution in [2.45, 2.75) is 19.4 Å². The normalized spacial score (nSPS) is 10.9. The molecule has 0 bridgehead atoms. The van der Waals surface area contributed by atoms with Gasteiger partial charge in [0.05, 0.1) is 23.9 Å². The van der Waals surface area contributed by atoms with Gasteiger partial charge in [-0.05, 0) is 32.0 Å². The van der Waals surface area contributed by atoms with Crippen LogP contribution < -0.4 is 11.1 Å². The quantitative estimate of drug-likeness (QED) is 0.796. The fourth-order valence-electron chi connectivity index (χ4n) is 1.19. The lowest BCUT2D eigenvalue weighted by molar-refractivity contribution is -0.120. The van der Waals surface area contributed by atoms with Gasteiger partial charge in [0.15, 0.2) is 0 Å². The first-order valence-electron chi connectivity index (χ1n) is 5.24. The topological polar surface area (TPSA) is 81.4 Å². The number of benzene rings is 1. The number of halogens is 1. The van der Waals surface area contributed by atoms with Gasteiger partial charge in [-0.15, -0.1) is 0 Å². The molecule has 0 fully saturated rings. The lowest BCUT2D eigenvalue weighted by Crippen LogP contribution is -2.45. The lowest BCUT2D eigenvalue weighted by Gasteiger charge is -2.18. The predicted octanol–water partition coefficient (Wildman–Crippen LogP) is 1.29. The number of carbonyl (C=O) groups excluding carboxylic acids is 2. The molecule has 0 atom stereocenters. The number of esters is 1. The summed E-state index contributed by atoms with van der Waals surface area (Å²) in [5.41, 5.74) is 4.60. The van der Waals surface area contributed by atoms with Gasteiger partial charge in [0.2, 0.25) is 5.91 Å². The number of hydrogen-bond donors (Lipinski definition) is 2. The third kappa shape index (κ3) is 3.27. The van der Waals surface area contributed by atoms with Crippen LogP contribution in [0.2, 0.25) is 0 Å². The summed E-state index contributed by atoms with van der Waals surface area (Å²) in [7, 11) is 1.17. The van der Waals surface area contributed by atoms with Crippen LogP contribution in [0.15, 0.2) is 18.2 Å². The largest absolute Gasteiger partial charge is 0.465 e. The van der Waals surface area contributed by atoms with E-state index < -0.39 is 23.2 Å². The molecule has 5 nitrogen and oxygen atoms in total. The Kier molecular flexibility index (Phi) is 4.03. The van der Waals surface area contributed by atoms with Crippen LogP contribution in [0.1, 0.15) is 24.2 Å². The maximum Gasteiger partial charge on any atom is 0.340 e. The number of carbonyl (C=O) groups is 2. The van der Waals surface area contributed by atoms with Gasteiger partial charge in [0, 0.05) is 0 Å². The Hall–Kier alpha value is -1.95. The van der Waals surface area contributed by atoms with Gasteiger partial charge < -0.3 is 15.8 Å². The molecule has 1 amide bonds. The third-order valence-corrected chi connectivity index (χ3v) is 2.22. The van der Waals surface area contributed by atoms with Crippen molar-refractivity contribution in [1.29, 1.82) is 0 Å². The molecule has 6 heteroatoms. The van der Waals surface area contributed by atoms with Crippen LogP contribution in [0.25, 0.3) is 0 Å². The Balaban J connectivity index is 3.09. The van der Waals surface area contributed by atoms with E-state index in [-0.39, 0.29) is 11.3 Å². The molecule has 0 aliphatic carbocycles. The zero-order valence-corrected chi connectivity index (χ0v) is 10.4. The minimum Gasteiger partial charge on any atom is -0.465 e. The monoisotopic (exact) mass is 254 g/mol. The molecule has 0 saturated carbocycles. The average Bonchev–Trinajstić information content (AvgIpc) is 2.29. The van der Waals surface area contributed by atoms with Gasteiger partial charge in [-0.2, -0.15) is 0 Å². The summed E-state index contributed by atoms with van der Waals surface area (Å²) in [4.78, 5) is 23.1. The van der Waals surface area contributed by atoms with Crippen LogP contribution in [0.4, 0.5) is 10.1 Å². The van der Waals surface area contributed by atoms with Crippen LogP contribution in [0, 0.1) is 5.82 Å². The number of anilines is 1. The van der Waals surface area contributed by atoms with Crippen LogP contribution in [-0.4, -0.2) is 24.5 Å². The van der Waals surface area contributed by atoms with Crippen LogP contribution in [-0.2, 0) is 9.53 Å². The summed E-state index contributed by atoms with van der Waals surface area (Å²) in [6.07, 6.45) is 0. The molecule has 0 aromatic heterocycles. The second-order valence-corrected chi connectivity index (χ2v) is 4.36. The number of hydrogen-bond acceptors (Lipinski definition) is 4. The molecule has 1 aromatic carbocycles. The van der Waals surface area contributed by atoms with E-state index in [1.54, 1.807) is 0 Å². The van der Waals surface area contributed by atoms with E-state index >= 15 is 0 Å². The molecule has 98 valence electrons. The van der Waals surface area contributed by atoms with Crippen molar-refractivity contribution in [3.8, 4) is 0 Å². The summed E-state index contributed by atoms with van der Waals surface area (Å²) >= 11 is 0. The maximum atomic E-state index is 13.1. The second-order valence-electron chi connectivity index (χ2n) is 4.36. The predicted molar refractivity (Wildman–Crippen MR) is 64.6 cm³/mol. The van der Waals surface area contributed by atoms with Crippen molar-refractivity contribution < 1.29 is 18.7 Å². The van der Waals surface area contributed by atoms with Crippen molar-refractivity contribution in [3.63, 3.8) is 0 Å². The van der Waals surface area contributed by atoms with Crippen molar-refractivity contribution in [3.05, 3.63) is 29.6 Å². The first-order chi connectivity index (χ1) is 8.25. The van der Waals surface area contributed by atoms with Gasteiger partial charge in [0.1, 0.15) is 5.82 Å². The van der Waals surface area contributed by atoms with E-state index in [4.69, 9.17) is 5.73 Å². The first kappa shape index (κ1) is 14.1. The van der Waals surface area contributed by atoms with E-state index in [2.05, 4.69) is 10.1 Å². The molecule has 1 aromatic rings. The number of nitrogens with one attached hydrogen (secondary N) is 1. The molecule has 3 N–H and O–H groups in total. The zero-order chi connectivity index (χ0) is 13.9. The summed E-state index contributed by atoms with van der Waals surface area (Å²) in [6.45, 7) is 3.04. The van der Waals surface area contributed by atoms with Crippen molar-refractivity contribution in [2.24, 2.45) is 5.73 Å². The van der Waals surface area contributed by atoms with Crippen LogP contribution in [0.5, 0.6) is 0 Å². The molecule has 0 aliphatic heterocycles. The Bertz CT molecular complexity index is 481. The fraction of sp³-hybridized carbons (Fsp3) is 0.333. The standard InChI is InChI=1S/C12H15FN2O3/c1-12(2,14)11(17)15-9-5-4-7(13)6-8(9)10(16)18-3/h4-6H,14H2,1-3H3,(H,15,17). The van der Waals surface area contributed by atoms with Gasteiger partial charge >= 0.3 is 5.97 Å². The maximum absolute atomic E-state index is 13.1. The van der Waals surface area contributed by atoms with E-state index in [0.29, 0.717) is 0 Å². The minimum absolute atomic E-state index is 0.0601. The molecular weight excluding hydrogens is 239 g/mol. The van der Waals surface area contributed by atoms with Gasteiger partial charge in [-0.1, -0.05) is 0 Å². The van der Waals surface area contributed by atoms with E-state index in [1.807, 2.05) is 0 Å². The molecular formula is C12H15FN2O3. The van der Waals surface area contributed by atoms with Crippen LogP contribution >= 0.6 is 0 Å². The fourth-order valence-corrected chi connectivity index (χ4v) is 1.19. The number of methoxy groups -OCH3 is 1. The highest BCUT2D eigenvalue weighted by molar-refractivity contribution is 6.03. The van der Waals surface area contributed by atoms with Gasteiger partial charge in [-0.3, -0.25) is 4.79 Å². The highest BCUT2D eigenvalue weighted by Crippen LogP contribution is 2.19. The molecule has 18 heavy (non-hydrogen) atoms. The minimum atomic E-state index is -1.11. The Labute approximate surface area is 104 Å². The summed E-state index contributed by atoms with van der Waals surface area (Å²) in [6, 6.07) is 3.40. The third-order valence-electron chi connectivity index (χ3n) is 2.22.